The van der Waals surface area contributed by atoms with Crippen LogP contribution < -0.4 is 9.62 Å². The first-order chi connectivity index (χ1) is 14.2. The molecule has 3 aromatic carbocycles. The minimum Gasteiger partial charge on any atom is -0.324 e. The van der Waals surface area contributed by atoms with E-state index in [4.69, 9.17) is 34.8 Å². The highest BCUT2D eigenvalue weighted by Crippen LogP contribution is 2.30. The first-order valence-corrected chi connectivity index (χ1v) is 11.3. The fraction of sp³-hybridized carbons (Fsp3) is 0.0952. The number of nitrogens with zero attached hydrogens (tertiary/aromatic N) is 1. The number of carbonyl (C=O) groups excluding carboxylic acids is 1. The first kappa shape index (κ1) is 22.4. The molecule has 3 aromatic rings. The molecule has 0 aromatic heterocycles. The predicted octanol–water partition coefficient (Wildman–Crippen LogP) is 5.79. The van der Waals surface area contributed by atoms with Crippen molar-refractivity contribution in [1.29, 1.82) is 0 Å². The van der Waals surface area contributed by atoms with Crippen molar-refractivity contribution >= 4 is 62.1 Å². The molecule has 0 saturated carbocycles. The van der Waals surface area contributed by atoms with Gasteiger partial charge in [-0.25, -0.2) is 8.42 Å². The van der Waals surface area contributed by atoms with Crippen LogP contribution in [0.4, 0.5) is 11.4 Å². The third-order valence-corrected chi connectivity index (χ3v) is 6.65. The van der Waals surface area contributed by atoms with Crippen LogP contribution in [0, 0.1) is 6.92 Å². The molecular weight excluding hydrogens is 467 g/mol. The Balaban J connectivity index is 1.99. The summed E-state index contributed by atoms with van der Waals surface area (Å²) in [5.41, 5.74) is 1.32. The molecular formula is C21H17Cl3N2O3S. The van der Waals surface area contributed by atoms with E-state index in [1.54, 1.807) is 37.3 Å². The van der Waals surface area contributed by atoms with Crippen molar-refractivity contribution < 1.29 is 13.2 Å². The number of amides is 1. The second kappa shape index (κ2) is 9.27. The monoisotopic (exact) mass is 482 g/mol. The van der Waals surface area contributed by atoms with Gasteiger partial charge in [0.1, 0.15) is 6.54 Å². The van der Waals surface area contributed by atoms with E-state index in [9.17, 15) is 13.2 Å². The van der Waals surface area contributed by atoms with Crippen LogP contribution in [0.2, 0.25) is 15.1 Å². The van der Waals surface area contributed by atoms with Crippen LogP contribution in [0.15, 0.2) is 71.6 Å². The molecule has 0 radical (unpaired) electrons. The summed E-state index contributed by atoms with van der Waals surface area (Å²) in [6.07, 6.45) is 0. The number of rotatable bonds is 6. The molecule has 5 nitrogen and oxygen atoms in total. The van der Waals surface area contributed by atoms with Crippen LogP contribution >= 0.6 is 34.8 Å². The fourth-order valence-electron chi connectivity index (χ4n) is 2.83. The summed E-state index contributed by atoms with van der Waals surface area (Å²) in [6, 6.07) is 17.3. The molecule has 0 heterocycles. The molecule has 0 bridgehead atoms. The number of hydrogen-bond acceptors (Lipinski definition) is 3. The Morgan fingerprint density at radius 1 is 0.900 bits per heavy atom. The third-order valence-electron chi connectivity index (χ3n) is 4.20. The summed E-state index contributed by atoms with van der Waals surface area (Å²) in [6.45, 7) is 1.27. The topological polar surface area (TPSA) is 66.5 Å². The van der Waals surface area contributed by atoms with Gasteiger partial charge in [-0.2, -0.15) is 0 Å². The number of halogens is 3. The van der Waals surface area contributed by atoms with Crippen molar-refractivity contribution in [3.05, 3.63) is 87.4 Å². The van der Waals surface area contributed by atoms with Gasteiger partial charge < -0.3 is 5.32 Å². The number of hydrogen-bond donors (Lipinski definition) is 1. The summed E-state index contributed by atoms with van der Waals surface area (Å²) < 4.78 is 27.7. The average Bonchev–Trinajstić information content (AvgIpc) is 2.68. The molecule has 9 heteroatoms. The average molecular weight is 484 g/mol. The van der Waals surface area contributed by atoms with Crippen molar-refractivity contribution in [2.45, 2.75) is 11.8 Å². The maximum atomic E-state index is 13.4. The molecule has 0 saturated heterocycles. The standard InChI is InChI=1S/C21H17Cl3N2O3S/c1-14-7-8-15(22)12-20(14)26(30(28,29)19-5-3-2-4-6-19)13-21(27)25-18-10-16(23)9-17(24)11-18/h2-12H,13H2,1H3,(H,25,27). The molecule has 0 aliphatic carbocycles. The molecule has 0 atom stereocenters. The van der Waals surface area contributed by atoms with Gasteiger partial charge in [0.05, 0.1) is 10.6 Å². The van der Waals surface area contributed by atoms with Crippen molar-refractivity contribution in [1.82, 2.24) is 0 Å². The van der Waals surface area contributed by atoms with E-state index in [2.05, 4.69) is 5.32 Å². The summed E-state index contributed by atoms with van der Waals surface area (Å²) in [5.74, 6) is -0.563. The molecule has 1 amide bonds. The highest BCUT2D eigenvalue weighted by atomic mass is 35.5. The summed E-state index contributed by atoms with van der Waals surface area (Å²) >= 11 is 18.0. The Hall–Kier alpha value is -2.25. The van der Waals surface area contributed by atoms with Gasteiger partial charge in [-0.15, -0.1) is 0 Å². The predicted molar refractivity (Wildman–Crippen MR) is 122 cm³/mol. The second-order valence-electron chi connectivity index (χ2n) is 6.46. The maximum absolute atomic E-state index is 13.4. The molecule has 30 heavy (non-hydrogen) atoms. The number of anilines is 2. The summed E-state index contributed by atoms with van der Waals surface area (Å²) in [7, 11) is -4.04. The van der Waals surface area contributed by atoms with E-state index < -0.39 is 22.5 Å². The number of aryl methyl sites for hydroxylation is 1. The van der Waals surface area contributed by atoms with Crippen LogP contribution in [0.5, 0.6) is 0 Å². The summed E-state index contributed by atoms with van der Waals surface area (Å²) in [4.78, 5) is 12.8. The molecule has 1 N–H and O–H groups in total. The number of carbonyl (C=O) groups is 1. The second-order valence-corrected chi connectivity index (χ2v) is 9.63. The third kappa shape index (κ3) is 5.26. The van der Waals surface area contributed by atoms with E-state index in [1.165, 1.54) is 36.4 Å². The van der Waals surface area contributed by atoms with Crippen molar-refractivity contribution in [3.63, 3.8) is 0 Å². The fourth-order valence-corrected chi connectivity index (χ4v) is 5.02. The van der Waals surface area contributed by atoms with Gasteiger partial charge in [-0.3, -0.25) is 9.10 Å². The van der Waals surface area contributed by atoms with Crippen LogP contribution in [0.3, 0.4) is 0 Å². The van der Waals surface area contributed by atoms with E-state index in [0.717, 1.165) is 4.31 Å². The van der Waals surface area contributed by atoms with Gasteiger partial charge in [-0.05, 0) is 55.0 Å². The molecule has 3 rings (SSSR count). The lowest BCUT2D eigenvalue weighted by Gasteiger charge is -2.26. The number of benzene rings is 3. The van der Waals surface area contributed by atoms with Crippen molar-refractivity contribution in [3.8, 4) is 0 Å². The van der Waals surface area contributed by atoms with Gasteiger partial charge in [0, 0.05) is 20.8 Å². The lowest BCUT2D eigenvalue weighted by molar-refractivity contribution is -0.114. The van der Waals surface area contributed by atoms with E-state index in [-0.39, 0.29) is 4.90 Å². The van der Waals surface area contributed by atoms with Gasteiger partial charge in [0.25, 0.3) is 10.0 Å². The number of nitrogens with one attached hydrogen (secondary N) is 1. The Kier molecular flexibility index (Phi) is 6.93. The SMILES string of the molecule is Cc1ccc(Cl)cc1N(CC(=O)Nc1cc(Cl)cc(Cl)c1)S(=O)(=O)c1ccccc1. The summed E-state index contributed by atoms with van der Waals surface area (Å²) in [5, 5.41) is 3.68. The lowest BCUT2D eigenvalue weighted by atomic mass is 10.2. The largest absolute Gasteiger partial charge is 0.324 e. The smallest absolute Gasteiger partial charge is 0.264 e. The van der Waals surface area contributed by atoms with Gasteiger partial charge in [0.2, 0.25) is 5.91 Å². The van der Waals surface area contributed by atoms with Crippen molar-refractivity contribution in [2.75, 3.05) is 16.2 Å². The lowest BCUT2D eigenvalue weighted by Crippen LogP contribution is -2.38. The molecule has 156 valence electrons. The van der Waals surface area contributed by atoms with E-state index in [1.807, 2.05) is 0 Å². The first-order valence-electron chi connectivity index (χ1n) is 8.77. The minimum atomic E-state index is -4.04. The molecule has 0 unspecified atom stereocenters. The molecule has 0 spiro atoms. The van der Waals surface area contributed by atoms with Gasteiger partial charge in [0.15, 0.2) is 0 Å². The molecule has 0 aliphatic rings. The Morgan fingerprint density at radius 3 is 2.17 bits per heavy atom. The van der Waals surface area contributed by atoms with Gasteiger partial charge >= 0.3 is 0 Å². The van der Waals surface area contributed by atoms with E-state index in [0.29, 0.717) is 32.0 Å². The van der Waals surface area contributed by atoms with Crippen LogP contribution in [-0.2, 0) is 14.8 Å². The Bertz CT molecular complexity index is 1170. The zero-order valence-corrected chi connectivity index (χ0v) is 18.9. The Labute approximate surface area is 190 Å². The quantitative estimate of drug-likeness (QED) is 0.482. The van der Waals surface area contributed by atoms with E-state index >= 15 is 0 Å². The highest BCUT2D eigenvalue weighted by molar-refractivity contribution is 7.92. The normalized spacial score (nSPS) is 11.2. The number of sulfonamides is 1. The van der Waals surface area contributed by atoms with Crippen molar-refractivity contribution in [2.24, 2.45) is 0 Å². The maximum Gasteiger partial charge on any atom is 0.264 e. The molecule has 0 aliphatic heterocycles. The van der Waals surface area contributed by atoms with Crippen LogP contribution in [0.1, 0.15) is 5.56 Å². The molecule has 0 fully saturated rings. The van der Waals surface area contributed by atoms with Crippen LogP contribution in [0.25, 0.3) is 0 Å². The Morgan fingerprint density at radius 2 is 1.53 bits per heavy atom. The zero-order chi connectivity index (χ0) is 21.9. The van der Waals surface area contributed by atoms with Gasteiger partial charge in [-0.1, -0.05) is 59.1 Å². The highest BCUT2D eigenvalue weighted by Gasteiger charge is 2.28. The van der Waals surface area contributed by atoms with Crippen LogP contribution in [-0.4, -0.2) is 20.9 Å². The zero-order valence-electron chi connectivity index (χ0n) is 15.8. The minimum absolute atomic E-state index is 0.0583.